The van der Waals surface area contributed by atoms with Gasteiger partial charge < -0.3 is 14.8 Å². The molecule has 1 saturated carbocycles. The Morgan fingerprint density at radius 1 is 1.25 bits per heavy atom. The van der Waals surface area contributed by atoms with Crippen LogP contribution in [-0.4, -0.2) is 24.4 Å². The second-order valence-electron chi connectivity index (χ2n) is 6.28. The van der Waals surface area contributed by atoms with Crippen molar-refractivity contribution in [1.29, 1.82) is 0 Å². The topological polar surface area (TPSA) is 71.9 Å². The van der Waals surface area contributed by atoms with E-state index in [1.165, 1.54) is 19.2 Å². The number of carbonyl (C=O) groups is 1. The summed E-state index contributed by atoms with van der Waals surface area (Å²) in [4.78, 5) is 11.8. The summed E-state index contributed by atoms with van der Waals surface area (Å²) in [7, 11) is 1.51. The van der Waals surface area contributed by atoms with Gasteiger partial charge in [-0.3, -0.25) is 10.2 Å². The quantitative estimate of drug-likeness (QED) is 0.244. The monoisotopic (exact) mass is 401 g/mol. The molecular weight excluding hydrogens is 381 g/mol. The highest BCUT2D eigenvalue weighted by Gasteiger charge is 2.32. The van der Waals surface area contributed by atoms with Crippen LogP contribution in [0.4, 0.5) is 4.39 Å². The van der Waals surface area contributed by atoms with Crippen molar-refractivity contribution >= 4 is 29.5 Å². The molecule has 0 radical (unpaired) electrons. The van der Waals surface area contributed by atoms with Gasteiger partial charge in [-0.2, -0.15) is 5.10 Å². The number of halogens is 1. The van der Waals surface area contributed by atoms with E-state index < -0.39 is 0 Å². The minimum Gasteiger partial charge on any atom is -0.493 e. The number of benzene rings is 2. The van der Waals surface area contributed by atoms with Crippen LogP contribution in [0.1, 0.15) is 24.0 Å². The number of hydrogen-bond acceptors (Lipinski definition) is 5. The molecule has 3 rings (SSSR count). The van der Waals surface area contributed by atoms with Crippen LogP contribution in [0.3, 0.4) is 0 Å². The maximum atomic E-state index is 12.9. The van der Waals surface area contributed by atoms with Gasteiger partial charge in [-0.1, -0.05) is 12.1 Å². The van der Waals surface area contributed by atoms with E-state index in [9.17, 15) is 9.18 Å². The van der Waals surface area contributed by atoms with E-state index in [4.69, 9.17) is 21.7 Å². The summed E-state index contributed by atoms with van der Waals surface area (Å²) in [5.74, 6) is 0.353. The number of esters is 1. The van der Waals surface area contributed by atoms with Crippen molar-refractivity contribution in [3.05, 3.63) is 59.4 Å². The van der Waals surface area contributed by atoms with Gasteiger partial charge in [0.1, 0.15) is 5.82 Å². The Morgan fingerprint density at radius 2 is 2.00 bits per heavy atom. The number of thiocarbonyl (C=S) groups is 1. The molecule has 0 aromatic heterocycles. The van der Waals surface area contributed by atoms with Crippen LogP contribution in [0.15, 0.2) is 47.6 Å². The van der Waals surface area contributed by atoms with Crippen LogP contribution >= 0.6 is 12.2 Å². The fourth-order valence-corrected chi connectivity index (χ4v) is 2.47. The molecule has 0 heterocycles. The lowest BCUT2D eigenvalue weighted by atomic mass is 10.2. The molecule has 146 valence electrons. The van der Waals surface area contributed by atoms with Crippen molar-refractivity contribution in [2.45, 2.75) is 19.4 Å². The zero-order valence-corrected chi connectivity index (χ0v) is 16.1. The normalized spacial score (nSPS) is 13.2. The van der Waals surface area contributed by atoms with Crippen LogP contribution in [0.5, 0.6) is 11.5 Å². The van der Waals surface area contributed by atoms with Gasteiger partial charge in [0.05, 0.1) is 19.2 Å². The third kappa shape index (κ3) is 5.75. The lowest BCUT2D eigenvalue weighted by Crippen LogP contribution is -2.31. The summed E-state index contributed by atoms with van der Waals surface area (Å²) in [6, 6.07) is 11.3. The Balaban J connectivity index is 1.50. The zero-order chi connectivity index (χ0) is 19.9. The molecule has 0 aliphatic heterocycles. The zero-order valence-electron chi connectivity index (χ0n) is 15.3. The van der Waals surface area contributed by atoms with E-state index in [1.54, 1.807) is 36.5 Å². The van der Waals surface area contributed by atoms with Crippen LogP contribution in [0.25, 0.3) is 0 Å². The number of nitrogens with zero attached hydrogens (tertiary/aromatic N) is 1. The van der Waals surface area contributed by atoms with Gasteiger partial charge >= 0.3 is 5.97 Å². The third-order valence-corrected chi connectivity index (χ3v) is 4.29. The molecule has 0 saturated heterocycles. The number of carbonyl (C=O) groups excluding carboxylic acids is 1. The number of rotatable bonds is 7. The highest BCUT2D eigenvalue weighted by Crippen LogP contribution is 2.34. The fraction of sp³-hybridized carbons (Fsp3) is 0.250. The maximum Gasteiger partial charge on any atom is 0.314 e. The van der Waals surface area contributed by atoms with E-state index in [2.05, 4.69) is 15.8 Å². The molecule has 0 bridgehead atoms. The Morgan fingerprint density at radius 3 is 2.68 bits per heavy atom. The number of hydrazone groups is 1. The Hall–Kier alpha value is -3.00. The SMILES string of the molecule is COc1cc(/C=N\NC(=S)NCc2ccc(F)cc2)ccc1OC(=O)C1CC1. The van der Waals surface area contributed by atoms with Gasteiger partial charge in [0.2, 0.25) is 0 Å². The molecule has 2 aromatic rings. The molecule has 1 aliphatic carbocycles. The van der Waals surface area contributed by atoms with Gasteiger partial charge in [0.25, 0.3) is 0 Å². The molecule has 0 amide bonds. The number of methoxy groups -OCH3 is 1. The molecule has 2 aromatic carbocycles. The van der Waals surface area contributed by atoms with Crippen LogP contribution in [0, 0.1) is 11.7 Å². The summed E-state index contributed by atoms with van der Waals surface area (Å²) >= 11 is 5.15. The van der Waals surface area contributed by atoms with E-state index in [1.807, 2.05) is 0 Å². The molecular formula is C20H20FN3O3S. The molecule has 1 fully saturated rings. The van der Waals surface area contributed by atoms with Crippen molar-refractivity contribution in [1.82, 2.24) is 10.7 Å². The number of nitrogens with one attached hydrogen (secondary N) is 2. The van der Waals surface area contributed by atoms with Gasteiger partial charge in [-0.05, 0) is 66.5 Å². The Kier molecular flexibility index (Phi) is 6.54. The van der Waals surface area contributed by atoms with Crippen LogP contribution in [-0.2, 0) is 11.3 Å². The average Bonchev–Trinajstić information content (AvgIpc) is 3.54. The van der Waals surface area contributed by atoms with Gasteiger partial charge in [0.15, 0.2) is 16.6 Å². The van der Waals surface area contributed by atoms with Crippen LogP contribution < -0.4 is 20.2 Å². The van der Waals surface area contributed by atoms with Crippen molar-refractivity contribution in [2.75, 3.05) is 7.11 Å². The summed E-state index contributed by atoms with van der Waals surface area (Å²) in [5.41, 5.74) is 4.36. The first-order chi connectivity index (χ1) is 13.5. The summed E-state index contributed by atoms with van der Waals surface area (Å²) in [6.45, 7) is 0.455. The maximum absolute atomic E-state index is 12.9. The Bertz CT molecular complexity index is 883. The van der Waals surface area contributed by atoms with Crippen LogP contribution in [0.2, 0.25) is 0 Å². The number of ether oxygens (including phenoxy) is 2. The van der Waals surface area contributed by atoms with Gasteiger partial charge in [-0.25, -0.2) is 4.39 Å². The standard InChI is InChI=1S/C20H20FN3O3S/c1-26-18-10-14(4-9-17(18)27-19(25)15-5-6-15)12-23-24-20(28)22-11-13-2-7-16(21)8-3-13/h2-4,7-10,12,15H,5-6,11H2,1H3,(H2,22,24,28)/b23-12-. The highest BCUT2D eigenvalue weighted by atomic mass is 32.1. The third-order valence-electron chi connectivity index (χ3n) is 4.05. The first kappa shape index (κ1) is 19.8. The second-order valence-corrected chi connectivity index (χ2v) is 6.69. The second kappa shape index (κ2) is 9.27. The van der Waals surface area contributed by atoms with Gasteiger partial charge in [-0.15, -0.1) is 0 Å². The molecule has 0 spiro atoms. The minimum atomic E-state index is -0.280. The minimum absolute atomic E-state index is 0.0126. The first-order valence-corrected chi connectivity index (χ1v) is 9.17. The van der Waals surface area contributed by atoms with Gasteiger partial charge in [0, 0.05) is 6.54 Å². The van der Waals surface area contributed by atoms with E-state index >= 15 is 0 Å². The fourth-order valence-electron chi connectivity index (χ4n) is 2.35. The molecule has 2 N–H and O–H groups in total. The number of hydrogen-bond donors (Lipinski definition) is 2. The van der Waals surface area contributed by atoms with E-state index in [-0.39, 0.29) is 17.7 Å². The summed E-state index contributed by atoms with van der Waals surface area (Å²) < 4.78 is 23.5. The predicted octanol–water partition coefficient (Wildman–Crippen LogP) is 3.15. The van der Waals surface area contributed by atoms with Crippen molar-refractivity contribution < 1.29 is 18.7 Å². The van der Waals surface area contributed by atoms with E-state index in [0.29, 0.717) is 23.2 Å². The molecule has 6 nitrogen and oxygen atoms in total. The first-order valence-electron chi connectivity index (χ1n) is 8.76. The molecule has 8 heteroatoms. The smallest absolute Gasteiger partial charge is 0.314 e. The lowest BCUT2D eigenvalue weighted by molar-refractivity contribution is -0.135. The van der Waals surface area contributed by atoms with Crippen molar-refractivity contribution in [2.24, 2.45) is 11.0 Å². The molecule has 1 aliphatic rings. The lowest BCUT2D eigenvalue weighted by Gasteiger charge is -2.09. The van der Waals surface area contributed by atoms with Crippen molar-refractivity contribution in [3.63, 3.8) is 0 Å². The Labute approximate surface area is 167 Å². The van der Waals surface area contributed by atoms with E-state index in [0.717, 1.165) is 24.0 Å². The molecule has 28 heavy (non-hydrogen) atoms. The average molecular weight is 401 g/mol. The molecule has 0 unspecified atom stereocenters. The predicted molar refractivity (Wildman–Crippen MR) is 108 cm³/mol. The summed E-state index contributed by atoms with van der Waals surface area (Å²) in [5, 5.41) is 7.38. The highest BCUT2D eigenvalue weighted by molar-refractivity contribution is 7.80. The largest absolute Gasteiger partial charge is 0.493 e. The molecule has 0 atom stereocenters. The summed E-state index contributed by atoms with van der Waals surface area (Å²) in [6.07, 6.45) is 3.33. The van der Waals surface area contributed by atoms with Crippen molar-refractivity contribution in [3.8, 4) is 11.5 Å².